The number of rotatable bonds is 4. The second-order valence-corrected chi connectivity index (χ2v) is 8.08. The van der Waals surface area contributed by atoms with Crippen LogP contribution in [0.25, 0.3) is 0 Å². The fourth-order valence-corrected chi connectivity index (χ4v) is 3.84. The van der Waals surface area contributed by atoms with Gasteiger partial charge in [0.1, 0.15) is 5.75 Å². The van der Waals surface area contributed by atoms with Gasteiger partial charge in [0.05, 0.1) is 4.90 Å². The van der Waals surface area contributed by atoms with E-state index in [1.54, 1.807) is 29.6 Å². The van der Waals surface area contributed by atoms with Crippen LogP contribution < -0.4 is 0 Å². The lowest BCUT2D eigenvalue weighted by Gasteiger charge is -2.20. The molecule has 0 fully saturated rings. The van der Waals surface area contributed by atoms with Gasteiger partial charge in [0.15, 0.2) is 0 Å². The monoisotopic (exact) mass is 304 g/mol. The summed E-state index contributed by atoms with van der Waals surface area (Å²) in [6.07, 6.45) is 0. The van der Waals surface area contributed by atoms with Crippen LogP contribution in [0.3, 0.4) is 0 Å². The Morgan fingerprint density at radius 2 is 1.65 bits per heavy atom. The zero-order chi connectivity index (χ0) is 14.6. The van der Waals surface area contributed by atoms with Gasteiger partial charge in [0, 0.05) is 9.98 Å². The zero-order valence-electron chi connectivity index (χ0n) is 12.1. The molecule has 106 valence electrons. The predicted molar refractivity (Wildman–Crippen MR) is 89.8 cm³/mol. The van der Waals surface area contributed by atoms with E-state index in [0.717, 1.165) is 9.98 Å². The molecule has 0 aliphatic rings. The molecular formula is C17H20OS2. The molecule has 1 nitrogen and oxygen atoms in total. The van der Waals surface area contributed by atoms with Gasteiger partial charge in [0.25, 0.3) is 0 Å². The molecule has 2 aromatic carbocycles. The van der Waals surface area contributed by atoms with Crippen molar-refractivity contribution < 1.29 is 5.11 Å². The molecule has 0 aromatic heterocycles. The molecular weight excluding hydrogens is 284 g/mol. The number of phenolic OH excluding ortho intramolecular Hbond substituents is 1. The average molecular weight is 304 g/mol. The van der Waals surface area contributed by atoms with Crippen molar-refractivity contribution in [3.05, 3.63) is 54.1 Å². The Balaban J connectivity index is 2.02. The Kier molecular flexibility index (Phi) is 5.06. The highest BCUT2D eigenvalue weighted by Crippen LogP contribution is 2.36. The standard InChI is InChI=1S/C17H20OS2/c1-17(2,3)13-9-10-15(18)16(11-13)20-12-19-14-7-5-4-6-8-14/h4-11,18H,12H2,1-3H3. The van der Waals surface area contributed by atoms with Gasteiger partial charge in [0.2, 0.25) is 0 Å². The summed E-state index contributed by atoms with van der Waals surface area (Å²) in [5, 5.41) is 10.9. The Hall–Kier alpha value is -1.06. The van der Waals surface area contributed by atoms with Crippen LogP contribution in [0.1, 0.15) is 26.3 Å². The highest BCUT2D eigenvalue weighted by Gasteiger charge is 2.15. The molecule has 1 N–H and O–H groups in total. The predicted octanol–water partition coefficient (Wildman–Crippen LogP) is 5.53. The molecule has 0 amide bonds. The minimum Gasteiger partial charge on any atom is -0.507 e. The first kappa shape index (κ1) is 15.3. The van der Waals surface area contributed by atoms with E-state index < -0.39 is 0 Å². The molecule has 0 bridgehead atoms. The van der Waals surface area contributed by atoms with Gasteiger partial charge in [-0.2, -0.15) is 0 Å². The normalized spacial score (nSPS) is 11.6. The van der Waals surface area contributed by atoms with E-state index in [2.05, 4.69) is 39.0 Å². The van der Waals surface area contributed by atoms with E-state index >= 15 is 0 Å². The molecule has 20 heavy (non-hydrogen) atoms. The van der Waals surface area contributed by atoms with E-state index in [4.69, 9.17) is 0 Å². The molecule has 0 heterocycles. The zero-order valence-corrected chi connectivity index (χ0v) is 13.7. The Morgan fingerprint density at radius 3 is 2.30 bits per heavy atom. The van der Waals surface area contributed by atoms with Gasteiger partial charge in [-0.25, -0.2) is 0 Å². The molecule has 2 rings (SSSR count). The number of benzene rings is 2. The molecule has 0 aliphatic heterocycles. The van der Waals surface area contributed by atoms with Crippen LogP contribution in [-0.4, -0.2) is 10.2 Å². The number of hydrogen-bond donors (Lipinski definition) is 1. The number of hydrogen-bond acceptors (Lipinski definition) is 3. The summed E-state index contributed by atoms with van der Waals surface area (Å²) < 4.78 is 0. The maximum absolute atomic E-state index is 9.97. The average Bonchev–Trinajstić information content (AvgIpc) is 2.41. The summed E-state index contributed by atoms with van der Waals surface area (Å²) >= 11 is 3.47. The van der Waals surface area contributed by atoms with E-state index in [1.807, 2.05) is 24.3 Å². The van der Waals surface area contributed by atoms with E-state index in [0.29, 0.717) is 5.75 Å². The molecule has 0 spiro atoms. The fourth-order valence-electron chi connectivity index (χ4n) is 1.77. The van der Waals surface area contributed by atoms with E-state index in [1.165, 1.54) is 10.5 Å². The summed E-state index contributed by atoms with van der Waals surface area (Å²) in [7, 11) is 0. The van der Waals surface area contributed by atoms with Crippen molar-refractivity contribution in [2.24, 2.45) is 0 Å². The lowest BCUT2D eigenvalue weighted by Crippen LogP contribution is -2.10. The second kappa shape index (κ2) is 6.59. The van der Waals surface area contributed by atoms with Gasteiger partial charge < -0.3 is 5.11 Å². The van der Waals surface area contributed by atoms with Crippen LogP contribution in [0.4, 0.5) is 0 Å². The molecule has 2 aromatic rings. The first-order chi connectivity index (χ1) is 9.47. The van der Waals surface area contributed by atoms with Crippen molar-refractivity contribution >= 4 is 23.5 Å². The Labute approximate surface area is 129 Å². The molecule has 0 aliphatic carbocycles. The van der Waals surface area contributed by atoms with Crippen LogP contribution in [-0.2, 0) is 5.41 Å². The largest absolute Gasteiger partial charge is 0.507 e. The third-order valence-corrected chi connectivity index (χ3v) is 5.20. The topological polar surface area (TPSA) is 20.2 Å². The van der Waals surface area contributed by atoms with Crippen molar-refractivity contribution in [1.82, 2.24) is 0 Å². The molecule has 0 saturated heterocycles. The van der Waals surface area contributed by atoms with Gasteiger partial charge in [-0.15, -0.1) is 23.5 Å². The third kappa shape index (κ3) is 4.22. The summed E-state index contributed by atoms with van der Waals surface area (Å²) in [5.41, 5.74) is 1.36. The van der Waals surface area contributed by atoms with E-state index in [-0.39, 0.29) is 5.41 Å². The van der Waals surface area contributed by atoms with Crippen LogP contribution in [0.2, 0.25) is 0 Å². The minimum absolute atomic E-state index is 0.107. The van der Waals surface area contributed by atoms with Crippen LogP contribution in [0, 0.1) is 0 Å². The molecule has 0 radical (unpaired) electrons. The lowest BCUT2D eigenvalue weighted by atomic mass is 9.87. The van der Waals surface area contributed by atoms with Crippen molar-refractivity contribution in [2.45, 2.75) is 36.0 Å². The molecule has 0 atom stereocenters. The Morgan fingerprint density at radius 1 is 0.950 bits per heavy atom. The summed E-state index contributed by atoms with van der Waals surface area (Å²) in [5.74, 6) is 0.372. The maximum atomic E-state index is 9.97. The van der Waals surface area contributed by atoms with Crippen LogP contribution >= 0.6 is 23.5 Å². The Bertz CT molecular complexity index is 559. The summed E-state index contributed by atoms with van der Waals surface area (Å²) in [6.45, 7) is 6.56. The third-order valence-electron chi connectivity index (χ3n) is 3.01. The minimum atomic E-state index is 0.107. The molecule has 0 saturated carbocycles. The van der Waals surface area contributed by atoms with Gasteiger partial charge in [-0.3, -0.25) is 0 Å². The van der Waals surface area contributed by atoms with Crippen molar-refractivity contribution in [3.8, 4) is 5.75 Å². The second-order valence-electron chi connectivity index (χ2n) is 5.65. The number of thioether (sulfide) groups is 2. The van der Waals surface area contributed by atoms with Gasteiger partial charge in [-0.1, -0.05) is 45.0 Å². The van der Waals surface area contributed by atoms with Crippen molar-refractivity contribution in [3.63, 3.8) is 0 Å². The van der Waals surface area contributed by atoms with Gasteiger partial charge in [-0.05, 0) is 35.2 Å². The quantitative estimate of drug-likeness (QED) is 0.592. The highest BCUT2D eigenvalue weighted by molar-refractivity contribution is 8.16. The SMILES string of the molecule is CC(C)(C)c1ccc(O)c(SCSc2ccccc2)c1. The first-order valence-corrected chi connectivity index (χ1v) is 8.58. The maximum Gasteiger partial charge on any atom is 0.129 e. The van der Waals surface area contributed by atoms with Crippen molar-refractivity contribution in [1.29, 1.82) is 0 Å². The number of aromatic hydroxyl groups is 1. The molecule has 3 heteroatoms. The van der Waals surface area contributed by atoms with Crippen LogP contribution in [0.5, 0.6) is 5.75 Å². The van der Waals surface area contributed by atoms with Crippen LogP contribution in [0.15, 0.2) is 58.3 Å². The van der Waals surface area contributed by atoms with E-state index in [9.17, 15) is 5.11 Å². The summed E-state index contributed by atoms with van der Waals surface area (Å²) in [4.78, 5) is 2.22. The lowest BCUT2D eigenvalue weighted by molar-refractivity contribution is 0.460. The first-order valence-electron chi connectivity index (χ1n) is 6.61. The molecule has 0 unspecified atom stereocenters. The fraction of sp³-hybridized carbons (Fsp3) is 0.294. The van der Waals surface area contributed by atoms with Gasteiger partial charge >= 0.3 is 0 Å². The highest BCUT2D eigenvalue weighted by atomic mass is 32.2. The van der Waals surface area contributed by atoms with Crippen molar-refractivity contribution in [2.75, 3.05) is 5.08 Å². The smallest absolute Gasteiger partial charge is 0.129 e. The summed E-state index contributed by atoms with van der Waals surface area (Å²) in [6, 6.07) is 16.2. The number of phenols is 1.